The zero-order valence-electron chi connectivity index (χ0n) is 22.3. The van der Waals surface area contributed by atoms with Gasteiger partial charge in [0.1, 0.15) is 17.2 Å². The van der Waals surface area contributed by atoms with Crippen molar-refractivity contribution in [2.24, 2.45) is 0 Å². The van der Waals surface area contributed by atoms with Crippen LogP contribution in [0.2, 0.25) is 23.2 Å². The monoisotopic (exact) mass is 545 g/mol. The first-order chi connectivity index (χ1) is 18.0. The van der Waals surface area contributed by atoms with Crippen molar-refractivity contribution in [3.8, 4) is 22.9 Å². The van der Waals surface area contributed by atoms with Crippen LogP contribution >= 0.6 is 11.6 Å². The van der Waals surface area contributed by atoms with E-state index < -0.39 is 8.32 Å². The van der Waals surface area contributed by atoms with E-state index in [1.54, 1.807) is 16.9 Å². The maximum absolute atomic E-state index is 11.2. The lowest BCUT2D eigenvalue weighted by atomic mass is 10.1. The van der Waals surface area contributed by atoms with Gasteiger partial charge in [-0.05, 0) is 54.0 Å². The molecule has 0 bridgehead atoms. The van der Waals surface area contributed by atoms with Gasteiger partial charge < -0.3 is 13.9 Å². The molecule has 5 aromatic rings. The Labute approximate surface area is 229 Å². The summed E-state index contributed by atoms with van der Waals surface area (Å²) in [6.45, 7) is 11.0. The van der Waals surface area contributed by atoms with Crippen LogP contribution in [-0.4, -0.2) is 27.8 Å². The standard InChI is InChI=1S/C30H32ClN3O3Si/c1-30(2,3)38(4,5)37-24-16-21(15-22(31)17-24)27-19-34-28(25(32-27)14-20-10-7-6-8-11-20)33-26(29(34)35)18-23-12-9-13-36-23/h6-13,15-17,19,35H,14,18H2,1-5H3. The van der Waals surface area contributed by atoms with E-state index in [1.165, 1.54) is 0 Å². The van der Waals surface area contributed by atoms with Crippen molar-refractivity contribution in [3.05, 3.63) is 101 Å². The molecule has 0 aliphatic heterocycles. The first kappa shape index (κ1) is 26.1. The van der Waals surface area contributed by atoms with Crippen molar-refractivity contribution < 1.29 is 13.9 Å². The van der Waals surface area contributed by atoms with Gasteiger partial charge in [0.2, 0.25) is 14.2 Å². The van der Waals surface area contributed by atoms with Gasteiger partial charge in [-0.1, -0.05) is 62.7 Å². The van der Waals surface area contributed by atoms with Crippen LogP contribution in [-0.2, 0) is 12.8 Å². The average Bonchev–Trinajstić information content (AvgIpc) is 3.47. The Morgan fingerprint density at radius 3 is 2.42 bits per heavy atom. The molecule has 0 atom stereocenters. The molecule has 0 aliphatic carbocycles. The van der Waals surface area contributed by atoms with Gasteiger partial charge in [-0.25, -0.2) is 9.97 Å². The molecule has 8 heteroatoms. The van der Waals surface area contributed by atoms with Crippen LogP contribution in [0.1, 0.15) is 43.5 Å². The zero-order valence-corrected chi connectivity index (χ0v) is 24.1. The largest absolute Gasteiger partial charge is 0.543 e. The predicted octanol–water partition coefficient (Wildman–Crippen LogP) is 7.91. The van der Waals surface area contributed by atoms with E-state index in [4.69, 9.17) is 30.4 Å². The van der Waals surface area contributed by atoms with Crippen LogP contribution in [0.4, 0.5) is 0 Å². The van der Waals surface area contributed by atoms with Crippen molar-refractivity contribution in [2.45, 2.75) is 51.7 Å². The second-order valence-corrected chi connectivity index (χ2v) is 16.3. The SMILES string of the molecule is CC(C)(C)[Si](C)(C)Oc1cc(Cl)cc(-c2cn3c(O)c(Cc4ccco4)nc3c(Cc3ccccc3)n2)c1. The number of hydrogen-bond acceptors (Lipinski definition) is 5. The van der Waals surface area contributed by atoms with E-state index in [2.05, 4.69) is 46.0 Å². The molecule has 0 radical (unpaired) electrons. The van der Waals surface area contributed by atoms with Crippen molar-refractivity contribution in [1.82, 2.24) is 14.4 Å². The quantitative estimate of drug-likeness (QED) is 0.210. The fourth-order valence-electron chi connectivity index (χ4n) is 4.10. The first-order valence-corrected chi connectivity index (χ1v) is 15.9. The topological polar surface area (TPSA) is 72.8 Å². The van der Waals surface area contributed by atoms with Gasteiger partial charge in [0.15, 0.2) is 5.65 Å². The highest BCUT2D eigenvalue weighted by molar-refractivity contribution is 6.74. The fraction of sp³-hybridized carbons (Fsp3) is 0.267. The van der Waals surface area contributed by atoms with Gasteiger partial charge in [0.05, 0.1) is 24.1 Å². The molecule has 0 aliphatic rings. The van der Waals surface area contributed by atoms with Gasteiger partial charge in [-0.2, -0.15) is 0 Å². The molecule has 0 fully saturated rings. The summed E-state index contributed by atoms with van der Waals surface area (Å²) in [5, 5.41) is 11.8. The lowest BCUT2D eigenvalue weighted by molar-refractivity contribution is 0.438. The number of imidazole rings is 1. The third-order valence-electron chi connectivity index (χ3n) is 7.20. The summed E-state index contributed by atoms with van der Waals surface area (Å²) in [5.74, 6) is 1.51. The Bertz CT molecular complexity index is 1570. The number of hydrogen-bond donors (Lipinski definition) is 1. The van der Waals surface area contributed by atoms with Gasteiger partial charge in [0, 0.05) is 23.2 Å². The average molecular weight is 546 g/mol. The summed E-state index contributed by atoms with van der Waals surface area (Å²) in [6, 6.07) is 19.5. The molecular formula is C30H32ClN3O3Si. The zero-order chi connectivity index (χ0) is 27.1. The molecular weight excluding hydrogens is 514 g/mol. The highest BCUT2D eigenvalue weighted by Gasteiger charge is 2.39. The second kappa shape index (κ2) is 9.96. The highest BCUT2D eigenvalue weighted by atomic mass is 35.5. The van der Waals surface area contributed by atoms with E-state index in [0.717, 1.165) is 28.3 Å². The molecule has 0 amide bonds. The molecule has 6 nitrogen and oxygen atoms in total. The smallest absolute Gasteiger partial charge is 0.250 e. The fourth-order valence-corrected chi connectivity index (χ4v) is 5.34. The molecule has 0 saturated carbocycles. The van der Waals surface area contributed by atoms with Crippen molar-refractivity contribution in [3.63, 3.8) is 0 Å². The maximum atomic E-state index is 11.2. The molecule has 38 heavy (non-hydrogen) atoms. The number of halogens is 1. The van der Waals surface area contributed by atoms with Gasteiger partial charge >= 0.3 is 0 Å². The number of benzene rings is 2. The van der Waals surface area contributed by atoms with E-state index in [1.807, 2.05) is 48.5 Å². The second-order valence-electron chi connectivity index (χ2n) is 11.1. The Hall–Kier alpha value is -3.55. The molecule has 3 heterocycles. The minimum atomic E-state index is -2.08. The van der Waals surface area contributed by atoms with Gasteiger partial charge in [0.25, 0.3) is 0 Å². The van der Waals surface area contributed by atoms with Gasteiger partial charge in [-0.3, -0.25) is 4.40 Å². The van der Waals surface area contributed by atoms with E-state index in [9.17, 15) is 5.11 Å². The maximum Gasteiger partial charge on any atom is 0.250 e. The van der Waals surface area contributed by atoms with Crippen LogP contribution in [0.25, 0.3) is 16.9 Å². The minimum Gasteiger partial charge on any atom is -0.543 e. The van der Waals surface area contributed by atoms with Crippen LogP contribution in [0.3, 0.4) is 0 Å². The summed E-state index contributed by atoms with van der Waals surface area (Å²) >= 11 is 6.57. The first-order valence-electron chi connectivity index (χ1n) is 12.7. The van der Waals surface area contributed by atoms with E-state index in [0.29, 0.717) is 34.9 Å². The molecule has 2 aromatic carbocycles. The molecule has 0 spiro atoms. The minimum absolute atomic E-state index is 0.0441. The predicted molar refractivity (Wildman–Crippen MR) is 154 cm³/mol. The van der Waals surface area contributed by atoms with Crippen LogP contribution in [0.5, 0.6) is 11.6 Å². The van der Waals surface area contributed by atoms with Crippen molar-refractivity contribution >= 4 is 25.6 Å². The highest BCUT2D eigenvalue weighted by Crippen LogP contribution is 2.39. The summed E-state index contributed by atoms with van der Waals surface area (Å²) in [5.41, 5.74) is 4.47. The molecule has 0 unspecified atom stereocenters. The number of furan rings is 1. The van der Waals surface area contributed by atoms with Crippen LogP contribution in [0, 0.1) is 0 Å². The molecule has 5 rings (SSSR count). The van der Waals surface area contributed by atoms with Crippen LogP contribution < -0.4 is 4.43 Å². The summed E-state index contributed by atoms with van der Waals surface area (Å²) in [7, 11) is -2.08. The third kappa shape index (κ3) is 5.35. The summed E-state index contributed by atoms with van der Waals surface area (Å²) in [6.07, 6.45) is 4.36. The summed E-state index contributed by atoms with van der Waals surface area (Å²) < 4.78 is 13.8. The number of fused-ring (bicyclic) bond motifs is 1. The Morgan fingerprint density at radius 1 is 0.974 bits per heavy atom. The number of aromatic nitrogens is 3. The van der Waals surface area contributed by atoms with Crippen LogP contribution in [0.15, 0.2) is 77.5 Å². The summed E-state index contributed by atoms with van der Waals surface area (Å²) in [4.78, 5) is 9.80. The lowest BCUT2D eigenvalue weighted by Crippen LogP contribution is -2.43. The third-order valence-corrected chi connectivity index (χ3v) is 11.8. The molecule has 196 valence electrons. The lowest BCUT2D eigenvalue weighted by Gasteiger charge is -2.36. The number of aromatic hydroxyl groups is 1. The van der Waals surface area contributed by atoms with Gasteiger partial charge in [-0.15, -0.1) is 0 Å². The van der Waals surface area contributed by atoms with E-state index in [-0.39, 0.29) is 10.9 Å². The molecule has 3 aromatic heterocycles. The Morgan fingerprint density at radius 2 is 1.74 bits per heavy atom. The molecule has 0 saturated heterocycles. The van der Waals surface area contributed by atoms with Crippen molar-refractivity contribution in [1.29, 1.82) is 0 Å². The Kier molecular flexibility index (Phi) is 6.84. The van der Waals surface area contributed by atoms with E-state index >= 15 is 0 Å². The molecule has 1 N–H and O–H groups in total. The number of rotatable bonds is 7. The Balaban J connectivity index is 1.62. The number of nitrogens with zero attached hydrogens (tertiary/aromatic N) is 3. The normalized spacial score (nSPS) is 12.3. The van der Waals surface area contributed by atoms with Crippen molar-refractivity contribution in [2.75, 3.05) is 0 Å².